The number of benzene rings is 2. The van der Waals surface area contributed by atoms with Gasteiger partial charge in [0.2, 0.25) is 11.8 Å². The molecule has 3 rings (SSSR count). The van der Waals surface area contributed by atoms with Gasteiger partial charge in [0.05, 0.1) is 21.1 Å². The quantitative estimate of drug-likeness (QED) is 0.321. The third-order valence-corrected chi connectivity index (χ3v) is 7.30. The van der Waals surface area contributed by atoms with Crippen LogP contribution in [0.5, 0.6) is 0 Å². The predicted molar refractivity (Wildman–Crippen MR) is 146 cm³/mol. The number of amides is 2. The molecule has 3 aromatic rings. The fourth-order valence-corrected chi connectivity index (χ4v) is 5.19. The molecule has 0 saturated heterocycles. The Morgan fingerprint density at radius 2 is 1.83 bits per heavy atom. The highest BCUT2D eigenvalue weighted by Gasteiger charge is 2.26. The Morgan fingerprint density at radius 3 is 2.50 bits per heavy atom. The number of allylic oxidation sites excluding steroid dienone is 1. The van der Waals surface area contributed by atoms with Crippen molar-refractivity contribution in [3.05, 3.63) is 77.3 Å². The van der Waals surface area contributed by atoms with Gasteiger partial charge in [-0.25, -0.2) is 4.98 Å². The van der Waals surface area contributed by atoms with Gasteiger partial charge in [0.1, 0.15) is 0 Å². The lowest BCUT2D eigenvalue weighted by Gasteiger charge is -2.22. The van der Waals surface area contributed by atoms with Crippen LogP contribution in [0.4, 0.5) is 0 Å². The van der Waals surface area contributed by atoms with E-state index in [0.29, 0.717) is 31.6 Å². The molecule has 6 nitrogen and oxygen atoms in total. The van der Waals surface area contributed by atoms with E-state index in [0.717, 1.165) is 20.8 Å². The Bertz CT molecular complexity index is 1200. The summed E-state index contributed by atoms with van der Waals surface area (Å²) in [4.78, 5) is 42.3. The summed E-state index contributed by atoms with van der Waals surface area (Å²) in [6.07, 6.45) is 3.16. The standard InChI is InChI=1S/C29H35N3O3S/c1-5-24(33)13-12-23(15-20-9-7-6-8-10-20)31-29(35)22(17-27(34)30-4)18-28-32-25-14-11-21(19(2)3)16-26(25)36-28/h5-11,14,16,19,22-23H,1,12-13,15,17-18H2,2-4H3,(H,30,34)(H,31,35)/t22-,23+/m0/s1. The molecule has 0 saturated carbocycles. The molecule has 190 valence electrons. The summed E-state index contributed by atoms with van der Waals surface area (Å²) >= 11 is 1.57. The summed E-state index contributed by atoms with van der Waals surface area (Å²) < 4.78 is 1.08. The van der Waals surface area contributed by atoms with Gasteiger partial charge >= 0.3 is 0 Å². The van der Waals surface area contributed by atoms with E-state index < -0.39 is 5.92 Å². The van der Waals surface area contributed by atoms with Crippen LogP contribution >= 0.6 is 11.3 Å². The number of aromatic nitrogens is 1. The van der Waals surface area contributed by atoms with Gasteiger partial charge in [0.15, 0.2) is 5.78 Å². The van der Waals surface area contributed by atoms with E-state index in [1.54, 1.807) is 18.4 Å². The number of carbonyl (C=O) groups is 3. The molecule has 1 aromatic heterocycles. The fourth-order valence-electron chi connectivity index (χ4n) is 4.09. The average Bonchev–Trinajstić information content (AvgIpc) is 3.28. The van der Waals surface area contributed by atoms with Crippen molar-refractivity contribution >= 4 is 39.2 Å². The Balaban J connectivity index is 1.79. The molecule has 2 amide bonds. The van der Waals surface area contributed by atoms with Crippen molar-refractivity contribution in [2.75, 3.05) is 7.05 Å². The van der Waals surface area contributed by atoms with Crippen LogP contribution in [-0.4, -0.2) is 35.7 Å². The number of nitrogens with one attached hydrogen (secondary N) is 2. The first-order valence-corrected chi connectivity index (χ1v) is 13.2. The number of hydrogen-bond acceptors (Lipinski definition) is 5. The highest BCUT2D eigenvalue weighted by Crippen LogP contribution is 2.28. The molecule has 0 radical (unpaired) electrons. The summed E-state index contributed by atoms with van der Waals surface area (Å²) in [6, 6.07) is 15.9. The van der Waals surface area contributed by atoms with Crippen molar-refractivity contribution in [2.24, 2.45) is 5.92 Å². The molecule has 1 heterocycles. The Morgan fingerprint density at radius 1 is 1.08 bits per heavy atom. The number of nitrogens with zero attached hydrogens (tertiary/aromatic N) is 1. The van der Waals surface area contributed by atoms with Crippen LogP contribution in [0.1, 0.15) is 55.2 Å². The molecule has 0 unspecified atom stereocenters. The maximum absolute atomic E-state index is 13.5. The molecule has 7 heteroatoms. The van der Waals surface area contributed by atoms with E-state index in [2.05, 4.69) is 43.2 Å². The topological polar surface area (TPSA) is 88.2 Å². The van der Waals surface area contributed by atoms with Crippen LogP contribution in [0.3, 0.4) is 0 Å². The molecule has 2 aromatic carbocycles. The first-order valence-electron chi connectivity index (χ1n) is 12.4. The number of carbonyl (C=O) groups excluding carboxylic acids is 3. The number of fused-ring (bicyclic) bond motifs is 1. The summed E-state index contributed by atoms with van der Waals surface area (Å²) in [5.41, 5.74) is 3.22. The summed E-state index contributed by atoms with van der Waals surface area (Å²) in [5, 5.41) is 6.59. The lowest BCUT2D eigenvalue weighted by Crippen LogP contribution is -2.42. The van der Waals surface area contributed by atoms with Crippen LogP contribution < -0.4 is 10.6 Å². The lowest BCUT2D eigenvalue weighted by molar-refractivity contribution is -0.130. The van der Waals surface area contributed by atoms with Crippen LogP contribution in [0.25, 0.3) is 10.2 Å². The fraction of sp³-hybridized carbons (Fsp3) is 0.379. The first-order chi connectivity index (χ1) is 17.3. The van der Waals surface area contributed by atoms with Gasteiger partial charge < -0.3 is 10.6 Å². The Labute approximate surface area is 217 Å². The number of hydrogen-bond donors (Lipinski definition) is 2. The minimum Gasteiger partial charge on any atom is -0.359 e. The largest absolute Gasteiger partial charge is 0.359 e. The smallest absolute Gasteiger partial charge is 0.224 e. The van der Waals surface area contributed by atoms with Crippen LogP contribution in [0.2, 0.25) is 0 Å². The monoisotopic (exact) mass is 505 g/mol. The zero-order valence-corrected chi connectivity index (χ0v) is 22.1. The van der Waals surface area contributed by atoms with Crippen molar-refractivity contribution in [1.82, 2.24) is 15.6 Å². The second-order valence-corrected chi connectivity index (χ2v) is 10.5. The van der Waals surface area contributed by atoms with Crippen molar-refractivity contribution in [2.45, 2.75) is 57.9 Å². The molecule has 2 N–H and O–H groups in total. The second-order valence-electron chi connectivity index (χ2n) is 9.37. The molecule has 2 atom stereocenters. The van der Waals surface area contributed by atoms with Crippen molar-refractivity contribution < 1.29 is 14.4 Å². The molecule has 0 spiro atoms. The van der Waals surface area contributed by atoms with E-state index >= 15 is 0 Å². The van der Waals surface area contributed by atoms with Crippen molar-refractivity contribution in [1.29, 1.82) is 0 Å². The molecule has 0 aliphatic rings. The van der Waals surface area contributed by atoms with Crippen molar-refractivity contribution in [3.8, 4) is 0 Å². The van der Waals surface area contributed by atoms with Gasteiger partial charge in [-0.2, -0.15) is 0 Å². The van der Waals surface area contributed by atoms with Gasteiger partial charge in [0.25, 0.3) is 0 Å². The van der Waals surface area contributed by atoms with Gasteiger partial charge in [-0.3, -0.25) is 14.4 Å². The highest BCUT2D eigenvalue weighted by atomic mass is 32.1. The lowest BCUT2D eigenvalue weighted by atomic mass is 9.96. The molecular weight excluding hydrogens is 470 g/mol. The third-order valence-electron chi connectivity index (χ3n) is 6.26. The molecule has 0 bridgehead atoms. The van der Waals surface area contributed by atoms with E-state index in [-0.39, 0.29) is 30.1 Å². The van der Waals surface area contributed by atoms with E-state index in [1.807, 2.05) is 36.4 Å². The van der Waals surface area contributed by atoms with Crippen molar-refractivity contribution in [3.63, 3.8) is 0 Å². The first kappa shape index (κ1) is 27.3. The van der Waals surface area contributed by atoms with Gasteiger partial charge in [0, 0.05) is 32.4 Å². The summed E-state index contributed by atoms with van der Waals surface area (Å²) in [5.74, 6) is -0.600. The van der Waals surface area contributed by atoms with Gasteiger partial charge in [-0.1, -0.05) is 56.8 Å². The molecule has 0 aliphatic heterocycles. The average molecular weight is 506 g/mol. The van der Waals surface area contributed by atoms with E-state index in [4.69, 9.17) is 4.98 Å². The molecule has 0 fully saturated rings. The minimum atomic E-state index is -0.566. The van der Waals surface area contributed by atoms with E-state index in [9.17, 15) is 14.4 Å². The molecular formula is C29H35N3O3S. The van der Waals surface area contributed by atoms with Gasteiger partial charge in [-0.05, 0) is 48.1 Å². The molecule has 0 aliphatic carbocycles. The Kier molecular flexibility index (Phi) is 9.94. The zero-order chi connectivity index (χ0) is 26.1. The van der Waals surface area contributed by atoms with Crippen LogP contribution in [0, 0.1) is 5.92 Å². The minimum absolute atomic E-state index is 0.0561. The Hall–Kier alpha value is -3.32. The SMILES string of the molecule is C=CC(=O)CC[C@H](Cc1ccccc1)NC(=O)[C@@H](CC(=O)NC)Cc1nc2ccc(C(C)C)cc2s1. The normalized spacial score (nSPS) is 12.8. The second kappa shape index (κ2) is 13.1. The van der Waals surface area contributed by atoms with Crippen LogP contribution in [-0.2, 0) is 27.2 Å². The number of rotatable bonds is 13. The number of ketones is 1. The van der Waals surface area contributed by atoms with E-state index in [1.165, 1.54) is 11.6 Å². The predicted octanol–water partition coefficient (Wildman–Crippen LogP) is 4.98. The zero-order valence-electron chi connectivity index (χ0n) is 21.3. The van der Waals surface area contributed by atoms with Crippen LogP contribution in [0.15, 0.2) is 61.2 Å². The van der Waals surface area contributed by atoms with Gasteiger partial charge in [-0.15, -0.1) is 11.3 Å². The maximum Gasteiger partial charge on any atom is 0.224 e. The highest BCUT2D eigenvalue weighted by molar-refractivity contribution is 7.18. The summed E-state index contributed by atoms with van der Waals surface area (Å²) in [6.45, 7) is 7.85. The molecule has 36 heavy (non-hydrogen) atoms. The maximum atomic E-state index is 13.5. The summed E-state index contributed by atoms with van der Waals surface area (Å²) in [7, 11) is 1.57. The third kappa shape index (κ3) is 7.85. The number of thiazole rings is 1.